The summed E-state index contributed by atoms with van der Waals surface area (Å²) in [6, 6.07) is 44.7. The van der Waals surface area contributed by atoms with Crippen LogP contribution in [-0.4, -0.2) is 208 Å². The van der Waals surface area contributed by atoms with Crippen LogP contribution in [0.3, 0.4) is 0 Å². The smallest absolute Gasteiger partial charge is 0.456 e. The van der Waals surface area contributed by atoms with E-state index in [1.807, 2.05) is 158 Å². The van der Waals surface area contributed by atoms with Crippen molar-refractivity contribution in [2.24, 2.45) is 8.73 Å². The van der Waals surface area contributed by atoms with Crippen LogP contribution in [0.25, 0.3) is 56.0 Å². The molecular weight excluding hydrogens is 1710 g/mol. The monoisotopic (exact) mass is 1810 g/mol. The number of anilines is 1. The van der Waals surface area contributed by atoms with Crippen molar-refractivity contribution in [3.05, 3.63) is 152 Å². The molecule has 9 heterocycles. The van der Waals surface area contributed by atoms with Crippen LogP contribution in [0.5, 0.6) is 12.0 Å². The number of benzene rings is 5. The molecule has 3 unspecified atom stereocenters. The second-order valence-corrected chi connectivity index (χ2v) is 50.8. The Hall–Kier alpha value is -5.65. The van der Waals surface area contributed by atoms with Crippen LogP contribution in [0.1, 0.15) is 27.7 Å². The van der Waals surface area contributed by atoms with Gasteiger partial charge >= 0.3 is 19.1 Å². The molecule has 9 aromatic rings. The zero-order valence-electron chi connectivity index (χ0n) is 66.0. The van der Waals surface area contributed by atoms with Gasteiger partial charge in [-0.1, -0.05) is 155 Å². The van der Waals surface area contributed by atoms with Gasteiger partial charge in [-0.05, 0) is 143 Å². The minimum atomic E-state index is -2.47. The van der Waals surface area contributed by atoms with E-state index in [9.17, 15) is 22.8 Å². The van der Waals surface area contributed by atoms with Gasteiger partial charge in [-0.25, -0.2) is 32.0 Å². The summed E-state index contributed by atoms with van der Waals surface area (Å²) in [4.78, 5) is 19.4. The van der Waals surface area contributed by atoms with Crippen LogP contribution in [0.15, 0.2) is 151 Å². The first kappa shape index (κ1) is 88.2. The second-order valence-electron chi connectivity index (χ2n) is 31.4. The fraction of sp³-hybridized carbons (Fsp3) is 0.455. The Morgan fingerprint density at radius 3 is 1.32 bits per heavy atom. The summed E-state index contributed by atoms with van der Waals surface area (Å²) in [5.74, 6) is 0. The molecule has 5 aliphatic heterocycles. The highest BCUT2D eigenvalue weighted by Crippen LogP contribution is 2.40. The van der Waals surface area contributed by atoms with E-state index in [4.69, 9.17) is 90.3 Å². The summed E-state index contributed by atoms with van der Waals surface area (Å²) >= 11 is 20.2. The lowest BCUT2D eigenvalue weighted by molar-refractivity contribution is 0.00332. The third-order valence-corrected chi connectivity index (χ3v) is 27.7. The molecule has 0 aliphatic carbocycles. The topological polar surface area (TPSA) is 306 Å². The molecule has 0 saturated carbocycles. The number of pyridine rings is 2. The lowest BCUT2D eigenvalue weighted by Gasteiger charge is -2.32. The highest BCUT2D eigenvalue weighted by atomic mass is 79.9. The van der Waals surface area contributed by atoms with E-state index >= 15 is 0 Å². The quantitative estimate of drug-likeness (QED) is 0.0277. The van der Waals surface area contributed by atoms with Gasteiger partial charge in [0.2, 0.25) is 0 Å². The van der Waals surface area contributed by atoms with Gasteiger partial charge in [0.25, 0.3) is 0 Å². The molecule has 26 nitrogen and oxygen atoms in total. The fourth-order valence-corrected chi connectivity index (χ4v) is 16.5. The number of halogens is 4. The van der Waals surface area contributed by atoms with Crippen molar-refractivity contribution >= 4 is 154 Å². The fourth-order valence-electron chi connectivity index (χ4n) is 12.2. The number of ether oxygens (including phenoxy) is 8. The maximum absolute atomic E-state index is 12.3. The van der Waals surface area contributed by atoms with Crippen LogP contribution >= 0.6 is 55.1 Å². The Balaban J connectivity index is 0.000000173. The molecule has 0 bridgehead atoms. The molecule has 5 saturated heterocycles. The predicted molar refractivity (Wildman–Crippen MR) is 462 cm³/mol. The van der Waals surface area contributed by atoms with Crippen molar-refractivity contribution in [3.63, 3.8) is 0 Å². The molecule has 5 fully saturated rings. The lowest BCUT2D eigenvalue weighted by atomic mass is 9.79. The van der Waals surface area contributed by atoms with E-state index in [1.165, 1.54) is 0 Å². The molecule has 0 amide bonds. The van der Waals surface area contributed by atoms with Gasteiger partial charge < -0.3 is 62.1 Å². The van der Waals surface area contributed by atoms with Crippen molar-refractivity contribution in [1.82, 2.24) is 38.5 Å². The average Bonchev–Trinajstić information content (AvgIpc) is 1.62. The Kier molecular flexibility index (Phi) is 29.3. The van der Waals surface area contributed by atoms with E-state index < -0.39 is 102 Å². The van der Waals surface area contributed by atoms with E-state index in [1.54, 1.807) is 45.0 Å². The minimum absolute atomic E-state index is 0.206. The minimum Gasteiger partial charge on any atom is -0.456 e. The summed E-state index contributed by atoms with van der Waals surface area (Å²) in [7, 11) is -5.50. The molecule has 36 heteroatoms. The Labute approximate surface area is 693 Å². The molecule has 14 rings (SSSR count). The van der Waals surface area contributed by atoms with E-state index in [0.29, 0.717) is 87.0 Å². The van der Waals surface area contributed by atoms with Gasteiger partial charge in [-0.3, -0.25) is 9.13 Å². The number of hydrogen-bond donors (Lipinski definition) is 5. The molecule has 11 atom stereocenters. The van der Waals surface area contributed by atoms with Crippen LogP contribution in [-0.2, 0) is 82.0 Å². The van der Waals surface area contributed by atoms with Crippen molar-refractivity contribution < 1.29 is 70.0 Å². The molecule has 610 valence electrons. The maximum atomic E-state index is 12.3. The molecule has 0 radical (unpaired) electrons. The number of aliphatic hydroxyl groups excluding tert-OH is 2. The summed E-state index contributed by atoms with van der Waals surface area (Å²) in [5, 5.41) is 21.3. The maximum Gasteiger partial charge on any atom is 0.494 e. The van der Waals surface area contributed by atoms with E-state index in [-0.39, 0.29) is 45.5 Å². The molecule has 5 aromatic carbocycles. The largest absolute Gasteiger partial charge is 0.494 e. The van der Waals surface area contributed by atoms with Crippen molar-refractivity contribution in [1.29, 1.82) is 0 Å². The summed E-state index contributed by atoms with van der Waals surface area (Å²) in [5.41, 5.74) is 9.60. The van der Waals surface area contributed by atoms with Gasteiger partial charge in [0, 0.05) is 73.9 Å². The predicted octanol–water partition coefficient (Wildman–Crippen LogP) is 14.2. The molecular formula is C77H100BBr2Cl2N11O15S3Si2. The first-order valence-corrected chi connectivity index (χ1v) is 52.1. The van der Waals surface area contributed by atoms with Gasteiger partial charge in [0.15, 0.2) is 23.5 Å². The number of nitrogens with one attached hydrogen (secondary N) is 3. The Bertz CT molecular complexity index is 5040. The number of rotatable bonds is 24. The first-order valence-electron chi connectivity index (χ1n) is 36.9. The molecule has 4 aromatic heterocycles. The molecule has 5 N–H and O–H groups in total. The average molecular weight is 1810 g/mol. The molecule has 0 spiro atoms. The third kappa shape index (κ3) is 23.2. The second kappa shape index (κ2) is 37.5. The number of hydrogen-bond acceptors (Lipinski definition) is 21. The highest BCUT2D eigenvalue weighted by Gasteiger charge is 2.53. The zero-order valence-corrected chi connectivity index (χ0v) is 75.1. The SMILES string of the molecule is CC1(C)OB(c2ccc(-c3nc4c(cc3Cl)nc(O[C@@H]3CO[C@H]5[C@@H]3OC[C@H]5O)n4COCC[Si](C)(C)C)cc2)OC1(C)C.CNS(C)(=O)=Nc1ccc(-c2ccc(-c3nc4c(cc3Cl)nc(O[C@@H]3CO[C@H]5[C@@H]3OC[C@H]5O)n4COCC[Si](C)(C)C)cc2)cc1.CNS(C)(=O)=Nc1ccc(Br)cc1.CS(=O)Nc1ccc(Br)cc1. The van der Waals surface area contributed by atoms with Crippen LogP contribution < -0.4 is 29.1 Å². The number of aliphatic hydroxyl groups is 2. The molecule has 5 aliphatic rings. The van der Waals surface area contributed by atoms with Gasteiger partial charge in [0.05, 0.1) is 70.4 Å². The number of aromatic nitrogens is 6. The first-order chi connectivity index (χ1) is 53.3. The Morgan fingerprint density at radius 2 is 0.929 bits per heavy atom. The van der Waals surface area contributed by atoms with Gasteiger partial charge in [-0.2, -0.15) is 18.7 Å². The lowest BCUT2D eigenvalue weighted by Crippen LogP contribution is -2.41. The van der Waals surface area contributed by atoms with Gasteiger partial charge in [-0.15, -0.1) is 0 Å². The highest BCUT2D eigenvalue weighted by molar-refractivity contribution is 9.10. The molecule has 113 heavy (non-hydrogen) atoms. The van der Waals surface area contributed by atoms with Crippen LogP contribution in [0, 0.1) is 0 Å². The Morgan fingerprint density at radius 1 is 0.566 bits per heavy atom. The summed E-state index contributed by atoms with van der Waals surface area (Å²) in [6.45, 7) is 24.7. The van der Waals surface area contributed by atoms with Crippen molar-refractivity contribution in [3.8, 4) is 45.7 Å². The van der Waals surface area contributed by atoms with E-state index in [0.717, 1.165) is 54.4 Å². The van der Waals surface area contributed by atoms with Gasteiger partial charge in [0.1, 0.15) is 91.9 Å². The number of imidazole rings is 2. The van der Waals surface area contributed by atoms with Crippen LogP contribution in [0.2, 0.25) is 61.4 Å². The number of fused-ring (bicyclic) bond motifs is 4. The van der Waals surface area contributed by atoms with Crippen molar-refractivity contribution in [2.45, 2.75) is 153 Å². The normalized spacial score (nSPS) is 22.2. The van der Waals surface area contributed by atoms with E-state index in [2.05, 4.69) is 94.0 Å². The summed E-state index contributed by atoms with van der Waals surface area (Å²) < 4.78 is 117. The van der Waals surface area contributed by atoms with Crippen LogP contribution in [0.4, 0.5) is 17.1 Å². The van der Waals surface area contributed by atoms with Crippen molar-refractivity contribution in [2.75, 3.05) is 77.2 Å². The standard InChI is InChI=1S/C32H40ClN5O6SSi.C30H41BClN3O7Si.C8H11BrN2OS.C7H8BrNOS/c1-34-45(2,40)37-23-12-10-21(11-13-23)20-6-8-22(9-7-20)28-24(33)16-25-31(36-28)38(19-41-14-15-46(3,4)5)32(35-25)44-27-18-43-29-26(39)17-42-30(27)29;1-29(2)30(3,4)42-31(41-29)19-10-8-18(9-11-19)24-20(32)14-21-27(34-24)35(17-37-12-13-43(5,6)7)28(33-21)40-23-16-39-25-22(36)15-38-26(23)25;1-10-13(2,12)11-8-5-3-7(9)4-6-8;1-11(10)9-7-4-2-6(8)3-5-7/h6-13,16,26-27,29-30,39H,14-15,17-19H2,1-5H3,(H,34,37,40);8-11,14,22-23,25-26,36H,12-13,15-17H2,1-7H3;3-6H,1-2H3,(H,10,11,12);2-5,9H,1H3/t26-,27-,29-,30-,45?;22-,23-,25-,26-;;/m11../s1. The summed E-state index contributed by atoms with van der Waals surface area (Å²) in [6.07, 6.45) is 0.961. The third-order valence-electron chi connectivity index (χ3n) is 19.5. The zero-order chi connectivity index (χ0) is 81.5. The number of nitrogens with zero attached hydrogens (tertiary/aromatic N) is 8.